The maximum atomic E-state index is 12.1. The lowest BCUT2D eigenvalue weighted by atomic mass is 10.1. The molecule has 8 nitrogen and oxygen atoms in total. The van der Waals surface area contributed by atoms with Crippen molar-refractivity contribution in [3.63, 3.8) is 0 Å². The average Bonchev–Trinajstić information content (AvgIpc) is 3.21. The predicted octanol–water partition coefficient (Wildman–Crippen LogP) is 2.09. The van der Waals surface area contributed by atoms with Crippen molar-refractivity contribution in [2.24, 2.45) is 0 Å². The summed E-state index contributed by atoms with van der Waals surface area (Å²) in [6.45, 7) is 4.55. The molecule has 0 saturated carbocycles. The highest BCUT2D eigenvalue weighted by molar-refractivity contribution is 5.91. The minimum atomic E-state index is -0.309. The van der Waals surface area contributed by atoms with E-state index >= 15 is 0 Å². The van der Waals surface area contributed by atoms with Crippen LogP contribution in [0.3, 0.4) is 0 Å². The Labute approximate surface area is 140 Å². The van der Waals surface area contributed by atoms with Gasteiger partial charge in [0.2, 0.25) is 0 Å². The summed E-state index contributed by atoms with van der Waals surface area (Å²) in [4.78, 5) is 25.0. The number of hydrogen-bond donors (Lipinski definition) is 2. The minimum Gasteiger partial charge on any atom is -0.454 e. The second-order valence-electron chi connectivity index (χ2n) is 5.74. The Kier molecular flexibility index (Phi) is 5.62. The van der Waals surface area contributed by atoms with Crippen molar-refractivity contribution in [1.29, 1.82) is 0 Å². The average molecular weight is 334 g/mol. The lowest BCUT2D eigenvalue weighted by Crippen LogP contribution is -2.36. The molecule has 2 aromatic heterocycles. The highest BCUT2D eigenvalue weighted by Gasteiger charge is 2.14. The van der Waals surface area contributed by atoms with Gasteiger partial charge in [-0.1, -0.05) is 19.0 Å². The molecule has 0 radical (unpaired) electrons. The van der Waals surface area contributed by atoms with Crippen molar-refractivity contribution in [3.05, 3.63) is 41.2 Å². The van der Waals surface area contributed by atoms with Gasteiger partial charge in [0.1, 0.15) is 17.2 Å². The smallest absolute Gasteiger partial charge is 0.317 e. The zero-order chi connectivity index (χ0) is 17.7. The Bertz CT molecular complexity index is 705. The molecule has 2 heterocycles. The normalized spacial score (nSPS) is 10.7. The summed E-state index contributed by atoms with van der Waals surface area (Å²) in [5.41, 5.74) is 0.691. The van der Waals surface area contributed by atoms with Gasteiger partial charge in [-0.25, -0.2) is 4.79 Å². The van der Waals surface area contributed by atoms with Gasteiger partial charge in [0.05, 0.1) is 13.1 Å². The van der Waals surface area contributed by atoms with Crippen LogP contribution in [0.5, 0.6) is 0 Å². The summed E-state index contributed by atoms with van der Waals surface area (Å²) in [6, 6.07) is 4.78. The number of amides is 3. The molecule has 0 spiro atoms. The van der Waals surface area contributed by atoms with Crippen LogP contribution in [0.2, 0.25) is 0 Å². The maximum Gasteiger partial charge on any atom is 0.317 e. The first-order chi connectivity index (χ1) is 11.4. The summed E-state index contributed by atoms with van der Waals surface area (Å²) in [7, 11) is 3.19. The Morgan fingerprint density at radius 1 is 1.33 bits per heavy atom. The van der Waals surface area contributed by atoms with Crippen LogP contribution >= 0.6 is 0 Å². The number of hydrogen-bond acceptors (Lipinski definition) is 5. The first-order valence-electron chi connectivity index (χ1n) is 7.66. The van der Waals surface area contributed by atoms with Crippen molar-refractivity contribution < 1.29 is 18.5 Å². The molecule has 8 heteroatoms. The van der Waals surface area contributed by atoms with Gasteiger partial charge in [0.25, 0.3) is 5.91 Å². The van der Waals surface area contributed by atoms with Crippen molar-refractivity contribution >= 4 is 11.9 Å². The number of furan rings is 1. The Morgan fingerprint density at radius 2 is 2.08 bits per heavy atom. The highest BCUT2D eigenvalue weighted by atomic mass is 16.5. The molecule has 0 atom stereocenters. The molecule has 2 rings (SSSR count). The van der Waals surface area contributed by atoms with Crippen LogP contribution in [0.1, 0.15) is 47.5 Å². The van der Waals surface area contributed by atoms with E-state index in [0.29, 0.717) is 18.0 Å². The molecule has 0 unspecified atom stereocenters. The van der Waals surface area contributed by atoms with Gasteiger partial charge in [-0.15, -0.1) is 0 Å². The fourth-order valence-corrected chi connectivity index (χ4v) is 2.01. The second-order valence-corrected chi connectivity index (χ2v) is 5.74. The van der Waals surface area contributed by atoms with E-state index in [1.807, 2.05) is 19.9 Å². The molecular formula is C16H22N4O4. The number of aromatic nitrogens is 1. The standard InChI is InChI=1S/C16H22N4O4/c1-10(2)14-7-11(19-24-14)9-20(4)16(22)18-8-12-5-6-13(23-12)15(21)17-3/h5-7,10H,8-9H2,1-4H3,(H,17,21)(H,18,22). The van der Waals surface area contributed by atoms with E-state index in [9.17, 15) is 9.59 Å². The van der Waals surface area contributed by atoms with Crippen LogP contribution in [0.15, 0.2) is 27.1 Å². The van der Waals surface area contributed by atoms with E-state index in [0.717, 1.165) is 5.76 Å². The summed E-state index contributed by atoms with van der Waals surface area (Å²) >= 11 is 0. The van der Waals surface area contributed by atoms with E-state index in [-0.39, 0.29) is 30.2 Å². The van der Waals surface area contributed by atoms with Crippen molar-refractivity contribution in [2.75, 3.05) is 14.1 Å². The van der Waals surface area contributed by atoms with E-state index in [1.165, 1.54) is 11.9 Å². The third kappa shape index (κ3) is 4.37. The van der Waals surface area contributed by atoms with Gasteiger partial charge in [0.15, 0.2) is 5.76 Å². The SMILES string of the molecule is CNC(=O)c1ccc(CNC(=O)N(C)Cc2cc(C(C)C)on2)o1. The van der Waals surface area contributed by atoms with Crippen LogP contribution in [-0.4, -0.2) is 36.1 Å². The van der Waals surface area contributed by atoms with Gasteiger partial charge >= 0.3 is 6.03 Å². The van der Waals surface area contributed by atoms with Crippen LogP contribution < -0.4 is 10.6 Å². The number of urea groups is 1. The third-order valence-corrected chi connectivity index (χ3v) is 3.42. The first-order valence-corrected chi connectivity index (χ1v) is 7.66. The van der Waals surface area contributed by atoms with Gasteiger partial charge in [-0.05, 0) is 12.1 Å². The summed E-state index contributed by atoms with van der Waals surface area (Å²) in [5.74, 6) is 1.43. The fourth-order valence-electron chi connectivity index (χ4n) is 2.01. The molecule has 0 aliphatic carbocycles. The molecule has 2 N–H and O–H groups in total. The van der Waals surface area contributed by atoms with Gasteiger partial charge in [-0.2, -0.15) is 0 Å². The number of rotatable bonds is 6. The molecule has 24 heavy (non-hydrogen) atoms. The second kappa shape index (κ2) is 7.67. The van der Waals surface area contributed by atoms with Gasteiger partial charge in [-0.3, -0.25) is 4.79 Å². The maximum absolute atomic E-state index is 12.1. The van der Waals surface area contributed by atoms with E-state index in [1.54, 1.807) is 19.2 Å². The Morgan fingerprint density at radius 3 is 2.71 bits per heavy atom. The molecule has 0 saturated heterocycles. The van der Waals surface area contributed by atoms with Crippen LogP contribution in [0.25, 0.3) is 0 Å². The first kappa shape index (κ1) is 17.6. The molecule has 0 aromatic carbocycles. The van der Waals surface area contributed by atoms with E-state index in [2.05, 4.69) is 15.8 Å². The van der Waals surface area contributed by atoms with Crippen LogP contribution in [-0.2, 0) is 13.1 Å². The molecule has 2 aromatic rings. The topological polar surface area (TPSA) is 101 Å². The Balaban J connectivity index is 1.85. The van der Waals surface area contributed by atoms with Gasteiger partial charge in [0, 0.05) is 26.1 Å². The highest BCUT2D eigenvalue weighted by Crippen LogP contribution is 2.15. The van der Waals surface area contributed by atoms with Crippen LogP contribution in [0, 0.1) is 0 Å². The van der Waals surface area contributed by atoms with E-state index in [4.69, 9.17) is 8.94 Å². The van der Waals surface area contributed by atoms with Gasteiger partial charge < -0.3 is 24.5 Å². The lowest BCUT2D eigenvalue weighted by Gasteiger charge is -2.15. The summed E-state index contributed by atoms with van der Waals surface area (Å²) < 4.78 is 10.6. The molecule has 0 bridgehead atoms. The fraction of sp³-hybridized carbons (Fsp3) is 0.438. The molecule has 0 aliphatic rings. The van der Waals surface area contributed by atoms with Crippen LogP contribution in [0.4, 0.5) is 4.79 Å². The monoisotopic (exact) mass is 334 g/mol. The minimum absolute atomic E-state index is 0.191. The molecule has 0 aliphatic heterocycles. The summed E-state index contributed by atoms with van der Waals surface area (Å²) in [5, 5.41) is 9.14. The Hall–Kier alpha value is -2.77. The molecular weight excluding hydrogens is 312 g/mol. The third-order valence-electron chi connectivity index (χ3n) is 3.42. The molecule has 3 amide bonds. The molecule has 130 valence electrons. The largest absolute Gasteiger partial charge is 0.454 e. The van der Waals surface area contributed by atoms with Crippen molar-refractivity contribution in [2.45, 2.75) is 32.9 Å². The van der Waals surface area contributed by atoms with E-state index < -0.39 is 0 Å². The quantitative estimate of drug-likeness (QED) is 0.842. The zero-order valence-electron chi connectivity index (χ0n) is 14.3. The van der Waals surface area contributed by atoms with Crippen molar-refractivity contribution in [3.8, 4) is 0 Å². The number of carbonyl (C=O) groups excluding carboxylic acids is 2. The number of nitrogens with zero attached hydrogens (tertiary/aromatic N) is 2. The lowest BCUT2D eigenvalue weighted by molar-refractivity contribution is 0.0934. The van der Waals surface area contributed by atoms with Crippen molar-refractivity contribution in [1.82, 2.24) is 20.7 Å². The predicted molar refractivity (Wildman–Crippen MR) is 86.4 cm³/mol. The number of carbonyl (C=O) groups is 2. The summed E-state index contributed by atoms with van der Waals surface area (Å²) in [6.07, 6.45) is 0. The zero-order valence-corrected chi connectivity index (χ0v) is 14.3. The number of nitrogens with one attached hydrogen (secondary N) is 2. The molecule has 0 fully saturated rings.